The lowest BCUT2D eigenvalue weighted by molar-refractivity contribution is -0.125. The SMILES string of the molecule is CC(C)CC(=O)Nc1cccc(CNC(=O)C(C)C(C)N)c1.Cl. The third-order valence-electron chi connectivity index (χ3n) is 3.47. The molecule has 23 heavy (non-hydrogen) atoms. The summed E-state index contributed by atoms with van der Waals surface area (Å²) in [5.74, 6) is 0.0298. The highest BCUT2D eigenvalue weighted by Gasteiger charge is 2.16. The van der Waals surface area contributed by atoms with Gasteiger partial charge < -0.3 is 16.4 Å². The Morgan fingerprint density at radius 1 is 1.17 bits per heavy atom. The molecule has 1 aromatic carbocycles. The van der Waals surface area contributed by atoms with Crippen LogP contribution in [0, 0.1) is 11.8 Å². The number of carbonyl (C=O) groups excluding carboxylic acids is 2. The van der Waals surface area contributed by atoms with Crippen LogP contribution < -0.4 is 16.4 Å². The van der Waals surface area contributed by atoms with Gasteiger partial charge in [0.1, 0.15) is 0 Å². The van der Waals surface area contributed by atoms with E-state index in [0.717, 1.165) is 11.3 Å². The fraction of sp³-hybridized carbons (Fsp3) is 0.529. The number of hydrogen-bond donors (Lipinski definition) is 3. The number of halogens is 1. The highest BCUT2D eigenvalue weighted by atomic mass is 35.5. The van der Waals surface area contributed by atoms with Crippen molar-refractivity contribution in [2.24, 2.45) is 17.6 Å². The van der Waals surface area contributed by atoms with Crippen LogP contribution in [0.1, 0.15) is 39.7 Å². The third kappa shape index (κ3) is 8.00. The zero-order valence-corrected chi connectivity index (χ0v) is 15.1. The van der Waals surface area contributed by atoms with Crippen LogP contribution in [0.5, 0.6) is 0 Å². The van der Waals surface area contributed by atoms with Crippen molar-refractivity contribution in [3.63, 3.8) is 0 Å². The smallest absolute Gasteiger partial charge is 0.224 e. The molecule has 2 unspecified atom stereocenters. The molecule has 130 valence electrons. The van der Waals surface area contributed by atoms with Gasteiger partial charge in [-0.25, -0.2) is 0 Å². The Bertz CT molecular complexity index is 518. The maximum atomic E-state index is 11.9. The van der Waals surface area contributed by atoms with E-state index in [9.17, 15) is 9.59 Å². The number of hydrogen-bond acceptors (Lipinski definition) is 3. The topological polar surface area (TPSA) is 84.2 Å². The zero-order chi connectivity index (χ0) is 16.7. The summed E-state index contributed by atoms with van der Waals surface area (Å²) in [6.45, 7) is 8.05. The van der Waals surface area contributed by atoms with Gasteiger partial charge in [0.25, 0.3) is 0 Å². The predicted molar refractivity (Wildman–Crippen MR) is 96.4 cm³/mol. The number of nitrogens with two attached hydrogens (primary N) is 1. The highest BCUT2D eigenvalue weighted by molar-refractivity contribution is 5.90. The van der Waals surface area contributed by atoms with Crippen LogP contribution in [-0.4, -0.2) is 17.9 Å². The molecule has 0 saturated carbocycles. The van der Waals surface area contributed by atoms with Crippen LogP contribution >= 0.6 is 12.4 Å². The molecule has 0 saturated heterocycles. The van der Waals surface area contributed by atoms with Gasteiger partial charge in [0.05, 0.1) is 0 Å². The van der Waals surface area contributed by atoms with Gasteiger partial charge in [-0.1, -0.05) is 32.9 Å². The molecule has 0 bridgehead atoms. The Morgan fingerprint density at radius 2 is 1.83 bits per heavy atom. The van der Waals surface area contributed by atoms with Gasteiger partial charge >= 0.3 is 0 Å². The number of benzene rings is 1. The zero-order valence-electron chi connectivity index (χ0n) is 14.3. The summed E-state index contributed by atoms with van der Waals surface area (Å²) in [4.78, 5) is 23.7. The molecule has 4 N–H and O–H groups in total. The van der Waals surface area contributed by atoms with Crippen LogP contribution in [0.25, 0.3) is 0 Å². The predicted octanol–water partition coefficient (Wildman–Crippen LogP) is 2.69. The van der Waals surface area contributed by atoms with Crippen molar-refractivity contribution in [2.75, 3.05) is 5.32 Å². The minimum absolute atomic E-state index is 0. The molecule has 0 spiro atoms. The number of amides is 2. The van der Waals surface area contributed by atoms with E-state index in [-0.39, 0.29) is 36.2 Å². The second-order valence-electron chi connectivity index (χ2n) is 6.21. The molecule has 0 aromatic heterocycles. The Labute approximate surface area is 144 Å². The van der Waals surface area contributed by atoms with Crippen molar-refractivity contribution in [3.8, 4) is 0 Å². The number of carbonyl (C=O) groups is 2. The van der Waals surface area contributed by atoms with Gasteiger partial charge in [0.2, 0.25) is 11.8 Å². The van der Waals surface area contributed by atoms with Gasteiger partial charge in [0, 0.05) is 30.6 Å². The second-order valence-corrected chi connectivity index (χ2v) is 6.21. The molecule has 0 radical (unpaired) electrons. The molecule has 0 aliphatic heterocycles. The van der Waals surface area contributed by atoms with E-state index in [1.807, 2.05) is 52.0 Å². The maximum Gasteiger partial charge on any atom is 0.224 e. The van der Waals surface area contributed by atoms with E-state index >= 15 is 0 Å². The first-order valence-electron chi connectivity index (χ1n) is 7.71. The first-order valence-corrected chi connectivity index (χ1v) is 7.71. The van der Waals surface area contributed by atoms with Crippen molar-refractivity contribution in [1.82, 2.24) is 5.32 Å². The fourth-order valence-corrected chi connectivity index (χ4v) is 1.93. The van der Waals surface area contributed by atoms with E-state index < -0.39 is 0 Å². The van der Waals surface area contributed by atoms with Crippen molar-refractivity contribution >= 4 is 29.9 Å². The van der Waals surface area contributed by atoms with Crippen LogP contribution in [0.3, 0.4) is 0 Å². The lowest BCUT2D eigenvalue weighted by Gasteiger charge is -2.15. The number of anilines is 1. The molecule has 2 atom stereocenters. The van der Waals surface area contributed by atoms with Crippen LogP contribution in [0.2, 0.25) is 0 Å². The summed E-state index contributed by atoms with van der Waals surface area (Å²) in [6.07, 6.45) is 0.493. The average Bonchev–Trinajstić information content (AvgIpc) is 2.43. The standard InChI is InChI=1S/C17H27N3O2.ClH/c1-11(2)8-16(21)20-15-7-5-6-14(9-15)10-19-17(22)12(3)13(4)18;/h5-7,9,11-13H,8,10,18H2,1-4H3,(H,19,22)(H,20,21);1H. The summed E-state index contributed by atoms with van der Waals surface area (Å²) in [6, 6.07) is 7.31. The Balaban J connectivity index is 0.00000484. The van der Waals surface area contributed by atoms with E-state index in [2.05, 4.69) is 10.6 Å². The van der Waals surface area contributed by atoms with E-state index in [0.29, 0.717) is 18.9 Å². The molecule has 1 rings (SSSR count). The molecule has 1 aromatic rings. The van der Waals surface area contributed by atoms with Crippen molar-refractivity contribution in [2.45, 2.75) is 46.7 Å². The van der Waals surface area contributed by atoms with Crippen LogP contribution in [-0.2, 0) is 16.1 Å². The van der Waals surface area contributed by atoms with Gasteiger partial charge in [-0.15, -0.1) is 12.4 Å². The Kier molecular flexibility index (Phi) is 9.53. The van der Waals surface area contributed by atoms with Gasteiger partial charge in [0.15, 0.2) is 0 Å². The minimum Gasteiger partial charge on any atom is -0.352 e. The number of nitrogens with one attached hydrogen (secondary N) is 2. The highest BCUT2D eigenvalue weighted by Crippen LogP contribution is 2.12. The first-order chi connectivity index (χ1) is 10.3. The summed E-state index contributed by atoms with van der Waals surface area (Å²) in [5, 5.41) is 5.73. The molecule has 0 aliphatic rings. The Morgan fingerprint density at radius 3 is 2.39 bits per heavy atom. The third-order valence-corrected chi connectivity index (χ3v) is 3.47. The molecule has 6 heteroatoms. The quantitative estimate of drug-likeness (QED) is 0.712. The fourth-order valence-electron chi connectivity index (χ4n) is 1.93. The lowest BCUT2D eigenvalue weighted by Crippen LogP contribution is -2.38. The molecular weight excluding hydrogens is 314 g/mol. The summed E-state index contributed by atoms with van der Waals surface area (Å²) in [7, 11) is 0. The van der Waals surface area contributed by atoms with E-state index in [1.165, 1.54) is 0 Å². The van der Waals surface area contributed by atoms with Gasteiger partial charge in [-0.05, 0) is 30.5 Å². The molecule has 2 amide bonds. The molecule has 5 nitrogen and oxygen atoms in total. The van der Waals surface area contributed by atoms with Crippen molar-refractivity contribution < 1.29 is 9.59 Å². The molecule has 0 aliphatic carbocycles. The maximum absolute atomic E-state index is 11.9. The normalized spacial score (nSPS) is 13.0. The molecular formula is C17H28ClN3O2. The summed E-state index contributed by atoms with van der Waals surface area (Å²) in [5.41, 5.74) is 7.40. The Hall–Kier alpha value is -1.59. The molecule has 0 heterocycles. The summed E-state index contributed by atoms with van der Waals surface area (Å²) < 4.78 is 0. The van der Waals surface area contributed by atoms with E-state index in [4.69, 9.17) is 5.73 Å². The average molecular weight is 342 g/mol. The lowest BCUT2D eigenvalue weighted by atomic mass is 10.0. The van der Waals surface area contributed by atoms with Crippen LogP contribution in [0.4, 0.5) is 5.69 Å². The largest absolute Gasteiger partial charge is 0.352 e. The monoisotopic (exact) mass is 341 g/mol. The summed E-state index contributed by atoms with van der Waals surface area (Å²) >= 11 is 0. The number of rotatable bonds is 7. The molecule has 0 fully saturated rings. The van der Waals surface area contributed by atoms with Gasteiger partial charge in [-0.3, -0.25) is 9.59 Å². The van der Waals surface area contributed by atoms with E-state index in [1.54, 1.807) is 0 Å². The first kappa shape index (κ1) is 21.4. The van der Waals surface area contributed by atoms with Crippen molar-refractivity contribution in [1.29, 1.82) is 0 Å². The van der Waals surface area contributed by atoms with Crippen LogP contribution in [0.15, 0.2) is 24.3 Å². The second kappa shape index (κ2) is 10.2. The van der Waals surface area contributed by atoms with Crippen molar-refractivity contribution in [3.05, 3.63) is 29.8 Å². The minimum atomic E-state index is -0.228. The van der Waals surface area contributed by atoms with Gasteiger partial charge in [-0.2, -0.15) is 0 Å².